The van der Waals surface area contributed by atoms with Crippen molar-refractivity contribution in [3.8, 4) is 0 Å². The molecule has 6 heteroatoms. The molecule has 0 bridgehead atoms. The molecule has 1 aromatic rings. The number of para-hydroxylation sites is 1. The van der Waals surface area contributed by atoms with Gasteiger partial charge in [0, 0.05) is 44.8 Å². The van der Waals surface area contributed by atoms with E-state index >= 15 is 0 Å². The summed E-state index contributed by atoms with van der Waals surface area (Å²) in [5, 5.41) is 6.11. The van der Waals surface area contributed by atoms with E-state index in [0.29, 0.717) is 19.4 Å². The Balaban J connectivity index is 1.32. The number of hydrogen-bond donors (Lipinski definition) is 2. The minimum Gasteiger partial charge on any atom is -0.368 e. The molecule has 2 saturated heterocycles. The summed E-state index contributed by atoms with van der Waals surface area (Å²) in [6, 6.07) is 10.3. The van der Waals surface area contributed by atoms with Crippen molar-refractivity contribution in [3.63, 3.8) is 0 Å². The molecule has 2 amide bonds. The molecule has 1 aromatic carbocycles. The Morgan fingerprint density at radius 1 is 1.12 bits per heavy atom. The van der Waals surface area contributed by atoms with Crippen LogP contribution in [0.4, 0.5) is 5.69 Å². The first-order chi connectivity index (χ1) is 12.2. The number of amides is 2. The third-order valence-electron chi connectivity index (χ3n) is 5.00. The fourth-order valence-corrected chi connectivity index (χ4v) is 3.49. The highest BCUT2D eigenvalue weighted by molar-refractivity contribution is 5.82. The van der Waals surface area contributed by atoms with Crippen LogP contribution in [0.25, 0.3) is 0 Å². The van der Waals surface area contributed by atoms with E-state index in [2.05, 4.69) is 27.7 Å². The maximum absolute atomic E-state index is 12.3. The summed E-state index contributed by atoms with van der Waals surface area (Å²) in [5.74, 6) is 0.266. The van der Waals surface area contributed by atoms with Crippen molar-refractivity contribution in [1.29, 1.82) is 0 Å². The summed E-state index contributed by atoms with van der Waals surface area (Å²) in [7, 11) is 0. The standard InChI is InChI=1S/C19H28N4O2/c24-18(9-5-11-21-19(25)17-8-4-10-20-17)23-14-12-22(13-15-23)16-6-2-1-3-7-16/h1-3,6-7,17,20H,4-5,8-15H2,(H,21,25)/t17-/m0/s1. The number of benzene rings is 1. The molecular formula is C19H28N4O2. The maximum atomic E-state index is 12.3. The van der Waals surface area contributed by atoms with Crippen molar-refractivity contribution in [2.24, 2.45) is 0 Å². The van der Waals surface area contributed by atoms with Crippen LogP contribution in [0.3, 0.4) is 0 Å². The summed E-state index contributed by atoms with van der Waals surface area (Å²) >= 11 is 0. The van der Waals surface area contributed by atoms with E-state index in [0.717, 1.165) is 45.6 Å². The van der Waals surface area contributed by atoms with Crippen LogP contribution in [0.15, 0.2) is 30.3 Å². The van der Waals surface area contributed by atoms with Gasteiger partial charge in [-0.1, -0.05) is 18.2 Å². The lowest BCUT2D eigenvalue weighted by Crippen LogP contribution is -2.49. The van der Waals surface area contributed by atoms with E-state index in [-0.39, 0.29) is 17.9 Å². The fourth-order valence-electron chi connectivity index (χ4n) is 3.49. The summed E-state index contributed by atoms with van der Waals surface area (Å²) in [6.45, 7) is 4.79. The first kappa shape index (κ1) is 17.7. The van der Waals surface area contributed by atoms with Crippen molar-refractivity contribution in [1.82, 2.24) is 15.5 Å². The summed E-state index contributed by atoms with van der Waals surface area (Å²) in [4.78, 5) is 28.5. The molecule has 0 unspecified atom stereocenters. The molecule has 2 heterocycles. The van der Waals surface area contributed by atoms with Crippen LogP contribution in [0, 0.1) is 0 Å². The zero-order valence-corrected chi connectivity index (χ0v) is 14.7. The van der Waals surface area contributed by atoms with Crippen LogP contribution in [-0.4, -0.2) is 62.0 Å². The van der Waals surface area contributed by atoms with E-state index in [9.17, 15) is 9.59 Å². The predicted octanol–water partition coefficient (Wildman–Crippen LogP) is 0.984. The molecule has 2 fully saturated rings. The second-order valence-corrected chi connectivity index (χ2v) is 6.75. The van der Waals surface area contributed by atoms with E-state index in [4.69, 9.17) is 0 Å². The normalized spacial score (nSPS) is 20.6. The van der Waals surface area contributed by atoms with Crippen molar-refractivity contribution in [3.05, 3.63) is 30.3 Å². The number of anilines is 1. The van der Waals surface area contributed by atoms with Crippen LogP contribution in [-0.2, 0) is 9.59 Å². The van der Waals surface area contributed by atoms with Gasteiger partial charge in [-0.15, -0.1) is 0 Å². The zero-order chi connectivity index (χ0) is 17.5. The summed E-state index contributed by atoms with van der Waals surface area (Å²) in [5.41, 5.74) is 1.22. The fraction of sp³-hybridized carbons (Fsp3) is 0.579. The lowest BCUT2D eigenvalue weighted by molar-refractivity contribution is -0.131. The van der Waals surface area contributed by atoms with Gasteiger partial charge in [0.05, 0.1) is 6.04 Å². The molecule has 2 aliphatic heterocycles. The summed E-state index contributed by atoms with van der Waals surface area (Å²) in [6.07, 6.45) is 3.18. The number of nitrogens with zero attached hydrogens (tertiary/aromatic N) is 2. The highest BCUT2D eigenvalue weighted by Gasteiger charge is 2.22. The third kappa shape index (κ3) is 4.95. The smallest absolute Gasteiger partial charge is 0.237 e. The van der Waals surface area contributed by atoms with E-state index < -0.39 is 0 Å². The highest BCUT2D eigenvalue weighted by Crippen LogP contribution is 2.16. The number of carbonyl (C=O) groups is 2. The minimum atomic E-state index is -0.0400. The number of piperazine rings is 1. The number of hydrogen-bond acceptors (Lipinski definition) is 4. The molecule has 25 heavy (non-hydrogen) atoms. The van der Waals surface area contributed by atoms with Crippen molar-refractivity contribution in [2.45, 2.75) is 31.7 Å². The molecule has 0 aliphatic carbocycles. The average molecular weight is 344 g/mol. The van der Waals surface area contributed by atoms with E-state index in [1.165, 1.54) is 5.69 Å². The lowest BCUT2D eigenvalue weighted by atomic mass is 10.2. The van der Waals surface area contributed by atoms with Gasteiger partial charge in [-0.2, -0.15) is 0 Å². The molecule has 1 atom stereocenters. The van der Waals surface area contributed by atoms with Crippen molar-refractivity contribution >= 4 is 17.5 Å². The molecule has 0 aromatic heterocycles. The largest absolute Gasteiger partial charge is 0.368 e. The van der Waals surface area contributed by atoms with Crippen molar-refractivity contribution < 1.29 is 9.59 Å². The second-order valence-electron chi connectivity index (χ2n) is 6.75. The number of nitrogens with one attached hydrogen (secondary N) is 2. The van der Waals surface area contributed by atoms with Crippen molar-refractivity contribution in [2.75, 3.05) is 44.2 Å². The average Bonchev–Trinajstić information content (AvgIpc) is 3.21. The molecule has 2 aliphatic rings. The third-order valence-corrected chi connectivity index (χ3v) is 5.00. The van der Waals surface area contributed by atoms with Gasteiger partial charge < -0.3 is 20.4 Å². The first-order valence-corrected chi connectivity index (χ1v) is 9.33. The Labute approximate surface area is 149 Å². The quantitative estimate of drug-likeness (QED) is 0.755. The molecule has 3 rings (SSSR count). The van der Waals surface area contributed by atoms with Crippen LogP contribution >= 0.6 is 0 Å². The molecule has 136 valence electrons. The van der Waals surface area contributed by atoms with Gasteiger partial charge in [-0.05, 0) is 37.9 Å². The Hall–Kier alpha value is -2.08. The molecule has 0 saturated carbocycles. The van der Waals surface area contributed by atoms with Gasteiger partial charge in [0.2, 0.25) is 11.8 Å². The molecule has 6 nitrogen and oxygen atoms in total. The highest BCUT2D eigenvalue weighted by atomic mass is 16.2. The van der Waals surface area contributed by atoms with Crippen LogP contribution < -0.4 is 15.5 Å². The second kappa shape index (κ2) is 8.85. The Morgan fingerprint density at radius 2 is 1.88 bits per heavy atom. The molecule has 2 N–H and O–H groups in total. The predicted molar refractivity (Wildman–Crippen MR) is 98.5 cm³/mol. The van der Waals surface area contributed by atoms with E-state index in [1.54, 1.807) is 0 Å². The first-order valence-electron chi connectivity index (χ1n) is 9.33. The maximum Gasteiger partial charge on any atom is 0.237 e. The molecular weight excluding hydrogens is 316 g/mol. The monoisotopic (exact) mass is 344 g/mol. The zero-order valence-electron chi connectivity index (χ0n) is 14.7. The van der Waals surface area contributed by atoms with Gasteiger partial charge in [0.1, 0.15) is 0 Å². The Kier molecular flexibility index (Phi) is 6.28. The van der Waals surface area contributed by atoms with E-state index in [1.807, 2.05) is 23.1 Å². The van der Waals surface area contributed by atoms with Gasteiger partial charge in [0.25, 0.3) is 0 Å². The van der Waals surface area contributed by atoms with Gasteiger partial charge in [0.15, 0.2) is 0 Å². The van der Waals surface area contributed by atoms with Gasteiger partial charge in [-0.25, -0.2) is 0 Å². The number of carbonyl (C=O) groups excluding carboxylic acids is 2. The number of rotatable bonds is 6. The molecule has 0 spiro atoms. The van der Waals surface area contributed by atoms with Crippen LogP contribution in [0.2, 0.25) is 0 Å². The Bertz CT molecular complexity index is 564. The Morgan fingerprint density at radius 3 is 2.56 bits per heavy atom. The summed E-state index contributed by atoms with van der Waals surface area (Å²) < 4.78 is 0. The van der Waals surface area contributed by atoms with Crippen LogP contribution in [0.1, 0.15) is 25.7 Å². The topological polar surface area (TPSA) is 64.7 Å². The minimum absolute atomic E-state index is 0.0400. The van der Waals surface area contributed by atoms with Crippen LogP contribution in [0.5, 0.6) is 0 Å². The lowest BCUT2D eigenvalue weighted by Gasteiger charge is -2.36. The molecule has 0 radical (unpaired) electrons. The van der Waals surface area contributed by atoms with Gasteiger partial charge in [-0.3, -0.25) is 9.59 Å². The SMILES string of the molecule is O=C(NCCCC(=O)N1CCN(c2ccccc2)CC1)[C@@H]1CCCN1. The van der Waals surface area contributed by atoms with Gasteiger partial charge >= 0.3 is 0 Å².